The summed E-state index contributed by atoms with van der Waals surface area (Å²) in [5.41, 5.74) is 4.15. The Morgan fingerprint density at radius 3 is 2.77 bits per heavy atom. The van der Waals surface area contributed by atoms with E-state index in [1.54, 1.807) is 36.5 Å². The van der Waals surface area contributed by atoms with Crippen molar-refractivity contribution >= 4 is 58.0 Å². The van der Waals surface area contributed by atoms with Crippen LogP contribution in [-0.2, 0) is 4.79 Å². The van der Waals surface area contributed by atoms with E-state index < -0.39 is 0 Å². The van der Waals surface area contributed by atoms with Crippen molar-refractivity contribution in [2.24, 2.45) is 0 Å². The molecule has 0 spiro atoms. The molecule has 40 heavy (non-hydrogen) atoms. The number of amides is 2. The molecule has 0 saturated carbocycles. The van der Waals surface area contributed by atoms with Crippen LogP contribution >= 0.6 is 0 Å². The van der Waals surface area contributed by atoms with Gasteiger partial charge >= 0.3 is 179 Å². The number of hydrogen-bond acceptors (Lipinski definition) is 7. The van der Waals surface area contributed by atoms with Crippen molar-refractivity contribution in [3.05, 3.63) is 78.6 Å². The molecule has 4 aromatic rings. The molecule has 3 aromatic heterocycles. The second-order valence-corrected chi connectivity index (χ2v) is 11.8. The number of anilines is 2. The van der Waals surface area contributed by atoms with Crippen molar-refractivity contribution in [3.8, 4) is 11.3 Å². The van der Waals surface area contributed by atoms with E-state index in [1.807, 2.05) is 58.9 Å². The zero-order chi connectivity index (χ0) is 28.1. The molecule has 5 rings (SSSR count). The van der Waals surface area contributed by atoms with Crippen LogP contribution in [0.2, 0.25) is 0 Å². The van der Waals surface area contributed by atoms with Crippen molar-refractivity contribution in [3.63, 3.8) is 0 Å². The predicted octanol–water partition coefficient (Wildman–Crippen LogP) is 2.36. The molecule has 1 aromatic carbocycles. The van der Waals surface area contributed by atoms with Crippen LogP contribution in [0.3, 0.4) is 0 Å². The third-order valence-corrected chi connectivity index (χ3v) is 7.99. The SMILES string of the molecule is CN(C)C/C=C/C(=O)Nc1ccc(C(=O)N2CCCC(Nc3nccc(-c4[c]([Pb])nn5ccccc45)n3)C2)cc1. The number of nitrogens with one attached hydrogen (secondary N) is 2. The smallest absolute Gasteiger partial charge is 0.0377 e. The first kappa shape index (κ1) is 27.9. The van der Waals surface area contributed by atoms with E-state index in [0.717, 1.165) is 58.6 Å². The van der Waals surface area contributed by atoms with Gasteiger partial charge < -0.3 is 10.2 Å². The van der Waals surface area contributed by atoms with Gasteiger partial charge in [-0.2, -0.15) is 0 Å². The minimum absolute atomic E-state index is 0.0307. The second kappa shape index (κ2) is 12.7. The number of carbonyl (C=O) groups excluding carboxylic acids is 2. The van der Waals surface area contributed by atoms with Crippen molar-refractivity contribution < 1.29 is 9.59 Å². The summed E-state index contributed by atoms with van der Waals surface area (Å²) in [6, 6.07) is 15.0. The quantitative estimate of drug-likeness (QED) is 0.212. The first-order valence-corrected chi connectivity index (χ1v) is 15.1. The van der Waals surface area contributed by atoms with Crippen LogP contribution in [0, 0.1) is 0 Å². The van der Waals surface area contributed by atoms with Crippen LogP contribution < -0.4 is 13.9 Å². The van der Waals surface area contributed by atoms with Crippen LogP contribution in [0.15, 0.2) is 73.1 Å². The van der Waals surface area contributed by atoms with Crippen LogP contribution in [0.25, 0.3) is 16.8 Å². The number of likely N-dealkylation sites (N-methyl/N-ethyl adjacent to an activating group) is 1. The summed E-state index contributed by atoms with van der Waals surface area (Å²) in [6.07, 6.45) is 8.84. The molecule has 203 valence electrons. The summed E-state index contributed by atoms with van der Waals surface area (Å²) in [6.45, 7) is 1.94. The van der Waals surface area contributed by atoms with E-state index in [0.29, 0.717) is 36.8 Å². The van der Waals surface area contributed by atoms with Gasteiger partial charge in [0.25, 0.3) is 0 Å². The number of fused-ring (bicyclic) bond motifs is 1. The molecule has 1 saturated heterocycles. The van der Waals surface area contributed by atoms with Gasteiger partial charge in [-0.3, -0.25) is 4.79 Å². The number of benzene rings is 1. The maximum absolute atomic E-state index is 13.3. The van der Waals surface area contributed by atoms with Gasteiger partial charge in [0.05, 0.1) is 0 Å². The molecular weight excluding hydrogens is 700 g/mol. The molecule has 1 unspecified atom stereocenters. The van der Waals surface area contributed by atoms with Gasteiger partial charge in [0.1, 0.15) is 0 Å². The van der Waals surface area contributed by atoms with Gasteiger partial charge in [-0.25, -0.2) is 0 Å². The van der Waals surface area contributed by atoms with Crippen molar-refractivity contribution in [1.29, 1.82) is 0 Å². The Kier molecular flexibility index (Phi) is 8.85. The third-order valence-electron chi connectivity index (χ3n) is 6.63. The molecule has 1 aliphatic rings. The molecule has 3 radical (unpaired) electrons. The zero-order valence-corrected chi connectivity index (χ0v) is 26.4. The average molecular weight is 731 g/mol. The molecule has 1 fully saturated rings. The van der Waals surface area contributed by atoms with Crippen LogP contribution in [0.1, 0.15) is 23.2 Å². The number of rotatable bonds is 8. The first-order valence-electron chi connectivity index (χ1n) is 13.2. The monoisotopic (exact) mass is 731 g/mol. The Hall–Kier alpha value is -3.65. The molecule has 2 amide bonds. The Morgan fingerprint density at radius 2 is 1.98 bits per heavy atom. The summed E-state index contributed by atoms with van der Waals surface area (Å²) >= 11 is 0.804. The third kappa shape index (κ3) is 6.73. The number of aromatic nitrogens is 4. The fourth-order valence-electron chi connectivity index (χ4n) is 4.71. The summed E-state index contributed by atoms with van der Waals surface area (Å²) in [7, 11) is 3.88. The van der Waals surface area contributed by atoms with Crippen LogP contribution in [0.5, 0.6) is 0 Å². The number of carbonyl (C=O) groups is 2. The number of nitrogens with zero attached hydrogens (tertiary/aromatic N) is 6. The number of hydrogen-bond donors (Lipinski definition) is 2. The molecule has 2 N–H and O–H groups in total. The Morgan fingerprint density at radius 1 is 1.15 bits per heavy atom. The van der Waals surface area contributed by atoms with Gasteiger partial charge in [-0.1, -0.05) is 6.08 Å². The molecule has 11 heteroatoms. The van der Waals surface area contributed by atoms with Crippen LogP contribution in [-0.4, -0.2) is 107 Å². The van der Waals surface area contributed by atoms with Gasteiger partial charge in [0.15, 0.2) is 0 Å². The number of likely N-dealkylation sites (tertiary alicyclic amines) is 1. The minimum Gasteiger partial charge on any atom is -0.0377 e. The van der Waals surface area contributed by atoms with Gasteiger partial charge in [-0.05, 0) is 26.2 Å². The fourth-order valence-corrected chi connectivity index (χ4v) is 6.13. The summed E-state index contributed by atoms with van der Waals surface area (Å²) in [5.74, 6) is 0.320. The summed E-state index contributed by atoms with van der Waals surface area (Å²) in [4.78, 5) is 38.5. The maximum atomic E-state index is 13.3. The molecule has 1 aliphatic heterocycles. The van der Waals surface area contributed by atoms with E-state index in [-0.39, 0.29) is 17.9 Å². The predicted molar refractivity (Wildman–Crippen MR) is 157 cm³/mol. The van der Waals surface area contributed by atoms with Crippen molar-refractivity contribution in [2.75, 3.05) is 44.4 Å². The summed E-state index contributed by atoms with van der Waals surface area (Å²) < 4.78 is 2.93. The van der Waals surface area contributed by atoms with E-state index in [1.165, 1.54) is 6.08 Å². The molecule has 10 nitrogen and oxygen atoms in total. The average Bonchev–Trinajstić information content (AvgIpc) is 3.29. The Bertz CT molecular complexity index is 1530. The van der Waals surface area contributed by atoms with Crippen molar-refractivity contribution in [1.82, 2.24) is 29.4 Å². The number of pyridine rings is 1. The van der Waals surface area contributed by atoms with E-state index in [4.69, 9.17) is 4.98 Å². The van der Waals surface area contributed by atoms with Gasteiger partial charge in [0.2, 0.25) is 5.91 Å². The minimum atomic E-state index is -0.198. The standard InChI is InChI=1S/C29H31N8O2.Pb/c1-35(2)16-6-9-27(38)32-22-12-10-21(11-13-22)28(39)36-17-5-7-23(20-36)33-29-30-15-14-25(34-29)24-19-31-37-18-4-3-8-26(24)37;/h3-4,6,8-15,18,23H,5,7,16-17,20H2,1-2H3,(H,32,38)(H,30,33,34);/b9-6+;. The first-order chi connectivity index (χ1) is 19.4. The molecule has 1 atom stereocenters. The normalized spacial score (nSPS) is 15.6. The van der Waals surface area contributed by atoms with Gasteiger partial charge in [0, 0.05) is 18.3 Å². The van der Waals surface area contributed by atoms with E-state index in [2.05, 4.69) is 20.7 Å². The topological polar surface area (TPSA) is 108 Å². The van der Waals surface area contributed by atoms with Crippen LogP contribution in [0.4, 0.5) is 11.6 Å². The fraction of sp³-hybridized carbons (Fsp3) is 0.276. The molecule has 0 bridgehead atoms. The Labute approximate surface area is 249 Å². The second-order valence-electron chi connectivity index (χ2n) is 9.99. The van der Waals surface area contributed by atoms with E-state index in [9.17, 15) is 9.59 Å². The summed E-state index contributed by atoms with van der Waals surface area (Å²) in [5, 5.41) is 10.9. The molecule has 0 aliphatic carbocycles. The molecule has 4 heterocycles. The van der Waals surface area contributed by atoms with E-state index >= 15 is 0 Å². The molecular formula is C29H31N8O2Pb. The Balaban J connectivity index is 1.21. The van der Waals surface area contributed by atoms with Gasteiger partial charge in [-0.15, -0.1) is 0 Å². The van der Waals surface area contributed by atoms with Crippen molar-refractivity contribution in [2.45, 2.75) is 18.9 Å². The number of piperidine rings is 1. The zero-order valence-electron chi connectivity index (χ0n) is 22.5.